The predicted octanol–water partition coefficient (Wildman–Crippen LogP) is 5.22. The summed E-state index contributed by atoms with van der Waals surface area (Å²) in [6.45, 7) is 9.51. The Kier molecular flexibility index (Phi) is 10.8. The van der Waals surface area contributed by atoms with Crippen LogP contribution in [0.5, 0.6) is 0 Å². The number of hydrogen-bond donors (Lipinski definition) is 3. The zero-order chi connectivity index (χ0) is 37.0. The summed E-state index contributed by atoms with van der Waals surface area (Å²) >= 11 is 1.37. The maximum Gasteiger partial charge on any atom is 0.261 e. The van der Waals surface area contributed by atoms with Crippen LogP contribution in [0.15, 0.2) is 103 Å². The van der Waals surface area contributed by atoms with Crippen molar-refractivity contribution in [3.63, 3.8) is 0 Å². The average Bonchev–Trinajstić information content (AvgIpc) is 3.71. The highest BCUT2D eigenvalue weighted by molar-refractivity contribution is 7.11. The summed E-state index contributed by atoms with van der Waals surface area (Å²) in [7, 11) is -2.98. The van der Waals surface area contributed by atoms with Gasteiger partial charge in [-0.1, -0.05) is 117 Å². The lowest BCUT2D eigenvalue weighted by atomic mass is 9.97. The number of aryl methyl sites for hydroxylation is 1. The molecule has 0 saturated carbocycles. The lowest BCUT2D eigenvalue weighted by molar-refractivity contribution is -0.128. The normalized spacial score (nSPS) is 14.1. The van der Waals surface area contributed by atoms with E-state index in [0.29, 0.717) is 16.3 Å². The minimum atomic E-state index is -2.98. The van der Waals surface area contributed by atoms with E-state index in [4.69, 9.17) is 4.43 Å². The Hall–Kier alpha value is -5.01. The summed E-state index contributed by atoms with van der Waals surface area (Å²) in [5.74, 6) is -1.03. The van der Waals surface area contributed by atoms with Crippen LogP contribution in [0.25, 0.3) is 11.1 Å². The number of aliphatic hydroxyl groups excluding tert-OH is 1. The smallest absolute Gasteiger partial charge is 0.261 e. The van der Waals surface area contributed by atoms with Crippen molar-refractivity contribution >= 4 is 53.4 Å². The third-order valence-electron chi connectivity index (χ3n) is 9.40. The van der Waals surface area contributed by atoms with E-state index in [1.165, 1.54) is 23.2 Å². The molecule has 3 N–H and O–H groups in total. The fourth-order valence-electron chi connectivity index (χ4n) is 7.00. The molecule has 0 bridgehead atoms. The van der Waals surface area contributed by atoms with Gasteiger partial charge in [-0.2, -0.15) is 0 Å². The molecule has 12 heteroatoms. The largest absolute Gasteiger partial charge is 0.405 e. The molecule has 10 nitrogen and oxygen atoms in total. The van der Waals surface area contributed by atoms with Crippen LogP contribution < -0.4 is 21.0 Å². The Morgan fingerprint density at radius 2 is 1.52 bits per heavy atom. The molecule has 1 aliphatic rings. The number of anilines is 1. The number of carbonyl (C=O) groups excluding carboxylic acids is 3. The van der Waals surface area contributed by atoms with E-state index in [9.17, 15) is 19.5 Å². The van der Waals surface area contributed by atoms with Crippen LogP contribution in [0.3, 0.4) is 0 Å². The molecular formula is C40H43N5O5SSi. The molecule has 4 aromatic carbocycles. The standard InChI is InChI=1S/C40H43N5O5SSi/c1-26(47)41-29-21-19-28(20-22-29)32-17-12-18-33-34(32)23-45(39(33)49)36(24-46)37(48)42-35(38-44-43-27(2)51-38)25-50-52(40(3,4)5,30-13-8-6-9-14-30)31-15-10-7-11-16-31/h6-22,35-36,46H,23-25H2,1-5H3,(H,41,47)(H,42,48). The van der Waals surface area contributed by atoms with Crippen molar-refractivity contribution in [2.75, 3.05) is 18.5 Å². The highest BCUT2D eigenvalue weighted by Gasteiger charge is 2.50. The zero-order valence-electron chi connectivity index (χ0n) is 29.9. The molecule has 1 aromatic heterocycles. The minimum absolute atomic E-state index is 0.0958. The van der Waals surface area contributed by atoms with E-state index in [0.717, 1.165) is 32.1 Å². The summed E-state index contributed by atoms with van der Waals surface area (Å²) in [4.78, 5) is 41.0. The van der Waals surface area contributed by atoms with Gasteiger partial charge in [-0.15, -0.1) is 10.2 Å². The number of rotatable bonds is 12. The van der Waals surface area contributed by atoms with Gasteiger partial charge in [0.05, 0.1) is 13.2 Å². The first kappa shape index (κ1) is 36.8. The van der Waals surface area contributed by atoms with Crippen LogP contribution in [-0.4, -0.2) is 65.5 Å². The Labute approximate surface area is 309 Å². The maximum absolute atomic E-state index is 14.2. The summed E-state index contributed by atoms with van der Waals surface area (Å²) in [5, 5.41) is 28.3. The number of carbonyl (C=O) groups is 3. The van der Waals surface area contributed by atoms with Gasteiger partial charge >= 0.3 is 0 Å². The van der Waals surface area contributed by atoms with Crippen molar-refractivity contribution in [1.29, 1.82) is 0 Å². The molecule has 2 heterocycles. The molecular weight excluding hydrogens is 691 g/mol. The molecule has 268 valence electrons. The van der Waals surface area contributed by atoms with Gasteiger partial charge in [-0.05, 0) is 57.2 Å². The van der Waals surface area contributed by atoms with Gasteiger partial charge in [0, 0.05) is 24.7 Å². The number of aliphatic hydroxyl groups is 1. The number of nitrogens with zero attached hydrogens (tertiary/aromatic N) is 3. The van der Waals surface area contributed by atoms with Gasteiger partial charge in [-0.3, -0.25) is 14.4 Å². The number of aromatic nitrogens is 2. The molecule has 6 rings (SSSR count). The van der Waals surface area contributed by atoms with Crippen LogP contribution in [0.2, 0.25) is 5.04 Å². The first-order chi connectivity index (χ1) is 24.9. The highest BCUT2D eigenvalue weighted by Crippen LogP contribution is 2.38. The van der Waals surface area contributed by atoms with Gasteiger partial charge in [-0.25, -0.2) is 0 Å². The number of hydrogen-bond acceptors (Lipinski definition) is 8. The molecule has 0 radical (unpaired) electrons. The molecule has 5 aromatic rings. The van der Waals surface area contributed by atoms with Crippen LogP contribution in [0.1, 0.15) is 59.7 Å². The van der Waals surface area contributed by atoms with Crippen molar-refractivity contribution in [1.82, 2.24) is 20.4 Å². The lowest BCUT2D eigenvalue weighted by Gasteiger charge is -2.43. The molecule has 1 aliphatic heterocycles. The Bertz CT molecular complexity index is 2010. The molecule has 2 unspecified atom stereocenters. The zero-order valence-corrected chi connectivity index (χ0v) is 31.7. The lowest BCUT2D eigenvalue weighted by Crippen LogP contribution is -2.67. The highest BCUT2D eigenvalue weighted by atomic mass is 32.1. The second-order valence-corrected chi connectivity index (χ2v) is 19.4. The first-order valence-electron chi connectivity index (χ1n) is 17.2. The van der Waals surface area contributed by atoms with Crippen molar-refractivity contribution in [3.8, 4) is 11.1 Å². The number of fused-ring (bicyclic) bond motifs is 1. The van der Waals surface area contributed by atoms with E-state index >= 15 is 0 Å². The second kappa shape index (κ2) is 15.3. The van der Waals surface area contributed by atoms with Crippen molar-refractivity contribution in [3.05, 3.63) is 124 Å². The third-order valence-corrected chi connectivity index (χ3v) is 15.4. The first-order valence-corrected chi connectivity index (χ1v) is 19.9. The molecule has 0 fully saturated rings. The van der Waals surface area contributed by atoms with Gasteiger partial charge in [0.1, 0.15) is 22.1 Å². The molecule has 3 amide bonds. The van der Waals surface area contributed by atoms with Crippen LogP contribution in [0, 0.1) is 6.92 Å². The summed E-state index contributed by atoms with van der Waals surface area (Å²) in [6, 6.07) is 31.5. The number of benzene rings is 4. The second-order valence-electron chi connectivity index (χ2n) is 13.9. The minimum Gasteiger partial charge on any atom is -0.405 e. The van der Waals surface area contributed by atoms with Crippen LogP contribution in [-0.2, 0) is 20.6 Å². The Morgan fingerprint density at radius 1 is 0.904 bits per heavy atom. The quantitative estimate of drug-likeness (QED) is 0.150. The number of nitrogens with one attached hydrogen (secondary N) is 2. The fraction of sp³-hybridized carbons (Fsp3) is 0.275. The Balaban J connectivity index is 1.28. The average molecular weight is 734 g/mol. The number of amides is 3. The van der Waals surface area contributed by atoms with Crippen LogP contribution >= 0.6 is 11.3 Å². The summed E-state index contributed by atoms with van der Waals surface area (Å²) in [6.07, 6.45) is 0. The van der Waals surface area contributed by atoms with E-state index in [1.807, 2.05) is 61.5 Å². The Morgan fingerprint density at radius 3 is 2.06 bits per heavy atom. The topological polar surface area (TPSA) is 134 Å². The molecule has 52 heavy (non-hydrogen) atoms. The summed E-state index contributed by atoms with van der Waals surface area (Å²) < 4.78 is 7.19. The molecule has 0 saturated heterocycles. The van der Waals surface area contributed by atoms with E-state index in [1.54, 1.807) is 24.3 Å². The third kappa shape index (κ3) is 7.33. The predicted molar refractivity (Wildman–Crippen MR) is 206 cm³/mol. The van der Waals surface area contributed by atoms with Gasteiger partial charge in [0.25, 0.3) is 14.2 Å². The van der Waals surface area contributed by atoms with Crippen molar-refractivity contribution < 1.29 is 23.9 Å². The van der Waals surface area contributed by atoms with Gasteiger partial charge in [0.15, 0.2) is 0 Å². The maximum atomic E-state index is 14.2. The van der Waals surface area contributed by atoms with E-state index < -0.39 is 32.9 Å². The van der Waals surface area contributed by atoms with Gasteiger partial charge < -0.3 is 25.1 Å². The SMILES string of the molecule is CC(=O)Nc1ccc(-c2cccc3c2CN(C(CO)C(=O)NC(CO[Si](c2ccccc2)(c2ccccc2)C(C)(C)C)c2nnc(C)s2)C3=O)cc1. The fourth-order valence-corrected chi connectivity index (χ4v) is 12.3. The molecule has 2 atom stereocenters. The van der Waals surface area contributed by atoms with Crippen LogP contribution in [0.4, 0.5) is 5.69 Å². The van der Waals surface area contributed by atoms with E-state index in [-0.39, 0.29) is 30.0 Å². The summed E-state index contributed by atoms with van der Waals surface area (Å²) in [5.41, 5.74) is 3.59. The van der Waals surface area contributed by atoms with E-state index in [2.05, 4.69) is 65.9 Å². The molecule has 0 aliphatic carbocycles. The monoisotopic (exact) mass is 733 g/mol. The van der Waals surface area contributed by atoms with Crippen molar-refractivity contribution in [2.24, 2.45) is 0 Å². The molecule has 0 spiro atoms. The van der Waals surface area contributed by atoms with Gasteiger partial charge in [0.2, 0.25) is 11.8 Å². The van der Waals surface area contributed by atoms with Crippen molar-refractivity contribution in [2.45, 2.75) is 58.3 Å².